The average molecular weight is 442 g/mol. The molecule has 0 aromatic heterocycles. The first kappa shape index (κ1) is 21.5. The summed E-state index contributed by atoms with van der Waals surface area (Å²) < 4.78 is 27.2. The van der Waals surface area contributed by atoms with Gasteiger partial charge in [0.1, 0.15) is 0 Å². The second-order valence-electron chi connectivity index (χ2n) is 8.18. The van der Waals surface area contributed by atoms with E-state index in [-0.39, 0.29) is 22.6 Å². The van der Waals surface area contributed by atoms with Gasteiger partial charge >= 0.3 is 0 Å². The van der Waals surface area contributed by atoms with Gasteiger partial charge in [-0.3, -0.25) is 9.59 Å². The minimum absolute atomic E-state index is 0.102. The summed E-state index contributed by atoms with van der Waals surface area (Å²) in [5, 5.41) is 2.94. The zero-order chi connectivity index (χ0) is 22.0. The first-order valence-corrected chi connectivity index (χ1v) is 12.1. The Kier molecular flexibility index (Phi) is 6.11. The molecular weight excluding hydrogens is 414 g/mol. The molecule has 2 aromatic rings. The van der Waals surface area contributed by atoms with Gasteiger partial charge in [0.2, 0.25) is 21.8 Å². The molecule has 0 atom stereocenters. The maximum absolute atomic E-state index is 12.8. The van der Waals surface area contributed by atoms with Crippen LogP contribution in [0.2, 0.25) is 0 Å². The smallest absolute Gasteiger partial charge is 0.243 e. The molecule has 0 spiro atoms. The molecule has 2 aliphatic heterocycles. The van der Waals surface area contributed by atoms with Crippen LogP contribution in [0, 0.1) is 12.8 Å². The van der Waals surface area contributed by atoms with Gasteiger partial charge in [0.15, 0.2) is 0 Å². The number of rotatable bonds is 5. The van der Waals surface area contributed by atoms with Gasteiger partial charge in [-0.2, -0.15) is 4.31 Å². The summed E-state index contributed by atoms with van der Waals surface area (Å²) in [7, 11) is -3.54. The lowest BCUT2D eigenvalue weighted by Gasteiger charge is -2.30. The number of benzene rings is 2. The van der Waals surface area contributed by atoms with Crippen LogP contribution in [0.15, 0.2) is 53.4 Å². The number of piperidine rings is 1. The third kappa shape index (κ3) is 4.65. The molecule has 2 aliphatic rings. The van der Waals surface area contributed by atoms with E-state index in [1.165, 1.54) is 4.31 Å². The van der Waals surface area contributed by atoms with Gasteiger partial charge in [0.25, 0.3) is 0 Å². The van der Waals surface area contributed by atoms with Crippen molar-refractivity contribution in [3.63, 3.8) is 0 Å². The lowest BCUT2D eigenvalue weighted by atomic mass is 9.97. The normalized spacial score (nSPS) is 18.4. The predicted molar refractivity (Wildman–Crippen MR) is 119 cm³/mol. The third-order valence-corrected chi connectivity index (χ3v) is 7.90. The van der Waals surface area contributed by atoms with Crippen LogP contribution < -0.4 is 10.2 Å². The van der Waals surface area contributed by atoms with Crippen molar-refractivity contribution >= 4 is 33.2 Å². The van der Waals surface area contributed by atoms with Crippen molar-refractivity contribution in [3.8, 4) is 0 Å². The summed E-state index contributed by atoms with van der Waals surface area (Å²) >= 11 is 0. The number of sulfonamides is 1. The lowest BCUT2D eigenvalue weighted by Crippen LogP contribution is -2.41. The molecular formula is C23H27N3O4S. The number of hydrogen-bond acceptors (Lipinski definition) is 4. The molecule has 8 heteroatoms. The maximum atomic E-state index is 12.8. The monoisotopic (exact) mass is 441 g/mol. The van der Waals surface area contributed by atoms with Crippen LogP contribution in [0.4, 0.5) is 11.4 Å². The quantitative estimate of drug-likeness (QED) is 0.772. The molecule has 2 heterocycles. The van der Waals surface area contributed by atoms with Crippen LogP contribution in [0.25, 0.3) is 0 Å². The Morgan fingerprint density at radius 1 is 1.03 bits per heavy atom. The first-order valence-electron chi connectivity index (χ1n) is 10.6. The van der Waals surface area contributed by atoms with E-state index < -0.39 is 10.0 Å². The summed E-state index contributed by atoms with van der Waals surface area (Å²) in [6.45, 7) is 3.25. The first-order chi connectivity index (χ1) is 14.8. The molecule has 0 unspecified atom stereocenters. The summed E-state index contributed by atoms with van der Waals surface area (Å²) in [6.07, 6.45) is 2.35. The zero-order valence-corrected chi connectivity index (χ0v) is 18.4. The van der Waals surface area contributed by atoms with Gasteiger partial charge in [0.05, 0.1) is 4.90 Å². The van der Waals surface area contributed by atoms with Crippen molar-refractivity contribution in [3.05, 3.63) is 54.1 Å². The Bertz CT molecular complexity index is 1070. The van der Waals surface area contributed by atoms with Gasteiger partial charge in [0, 0.05) is 43.3 Å². The van der Waals surface area contributed by atoms with Gasteiger partial charge < -0.3 is 10.2 Å². The molecule has 1 N–H and O–H groups in total. The van der Waals surface area contributed by atoms with Crippen LogP contribution >= 0.6 is 0 Å². The van der Waals surface area contributed by atoms with Crippen molar-refractivity contribution in [1.82, 2.24) is 4.31 Å². The fourth-order valence-electron chi connectivity index (χ4n) is 4.13. The summed E-state index contributed by atoms with van der Waals surface area (Å²) in [5.74, 6) is -0.260. The summed E-state index contributed by atoms with van der Waals surface area (Å²) in [5.41, 5.74) is 2.45. The molecule has 0 saturated carbocycles. The van der Waals surface area contributed by atoms with Crippen LogP contribution in [0.3, 0.4) is 0 Å². The van der Waals surface area contributed by atoms with Crippen molar-refractivity contribution in [2.75, 3.05) is 29.9 Å². The predicted octanol–water partition coefficient (Wildman–Crippen LogP) is 3.16. The number of hydrogen-bond donors (Lipinski definition) is 1. The minimum atomic E-state index is -3.54. The number of anilines is 2. The average Bonchev–Trinajstić information content (AvgIpc) is 3.20. The molecule has 164 valence electrons. The molecule has 7 nitrogen and oxygen atoms in total. The molecule has 2 aromatic carbocycles. The maximum Gasteiger partial charge on any atom is 0.243 e. The highest BCUT2D eigenvalue weighted by Gasteiger charge is 2.32. The zero-order valence-electron chi connectivity index (χ0n) is 17.6. The SMILES string of the molecule is Cc1ccc(S(=O)(=O)N2CCC(C(=O)Nc3cccc(N4CCCC4=O)c3)CC2)cc1. The van der Waals surface area contributed by atoms with Crippen molar-refractivity contribution in [1.29, 1.82) is 0 Å². The Hall–Kier alpha value is -2.71. The topological polar surface area (TPSA) is 86.8 Å². The van der Waals surface area contributed by atoms with E-state index >= 15 is 0 Å². The van der Waals surface area contributed by atoms with Crippen molar-refractivity contribution in [2.45, 2.75) is 37.5 Å². The number of aryl methyl sites for hydroxylation is 1. The second kappa shape index (κ2) is 8.80. The molecule has 4 rings (SSSR count). The van der Waals surface area contributed by atoms with Crippen LogP contribution in [-0.2, 0) is 19.6 Å². The van der Waals surface area contributed by atoms with Gasteiger partial charge in [-0.05, 0) is 56.5 Å². The van der Waals surface area contributed by atoms with E-state index in [4.69, 9.17) is 0 Å². The fraction of sp³-hybridized carbons (Fsp3) is 0.391. The van der Waals surface area contributed by atoms with E-state index in [2.05, 4.69) is 5.32 Å². The molecule has 2 saturated heterocycles. The molecule has 0 aliphatic carbocycles. The van der Waals surface area contributed by atoms with E-state index in [1.54, 1.807) is 35.2 Å². The van der Waals surface area contributed by atoms with E-state index in [0.29, 0.717) is 44.6 Å². The van der Waals surface area contributed by atoms with Gasteiger partial charge in [-0.1, -0.05) is 23.8 Å². The van der Waals surface area contributed by atoms with Gasteiger partial charge in [-0.25, -0.2) is 8.42 Å². The number of nitrogens with one attached hydrogen (secondary N) is 1. The molecule has 2 fully saturated rings. The Morgan fingerprint density at radius 3 is 2.39 bits per heavy atom. The van der Waals surface area contributed by atoms with Crippen molar-refractivity contribution in [2.24, 2.45) is 5.92 Å². The number of carbonyl (C=O) groups excluding carboxylic acids is 2. The van der Waals surface area contributed by atoms with Crippen LogP contribution in [0.5, 0.6) is 0 Å². The lowest BCUT2D eigenvalue weighted by molar-refractivity contribution is -0.121. The standard InChI is InChI=1S/C23H27N3O4S/c1-17-7-9-21(10-8-17)31(29,30)25-14-11-18(12-15-25)23(28)24-19-4-2-5-20(16-19)26-13-3-6-22(26)27/h2,4-5,7-10,16,18H,3,6,11-15H2,1H3,(H,24,28). The largest absolute Gasteiger partial charge is 0.326 e. The molecule has 0 bridgehead atoms. The number of nitrogens with zero attached hydrogens (tertiary/aromatic N) is 2. The molecule has 31 heavy (non-hydrogen) atoms. The molecule has 2 amide bonds. The van der Waals surface area contributed by atoms with Crippen LogP contribution in [-0.4, -0.2) is 44.2 Å². The van der Waals surface area contributed by atoms with E-state index in [9.17, 15) is 18.0 Å². The van der Waals surface area contributed by atoms with Crippen molar-refractivity contribution < 1.29 is 18.0 Å². The second-order valence-corrected chi connectivity index (χ2v) is 10.1. The molecule has 0 radical (unpaired) electrons. The van der Waals surface area contributed by atoms with Crippen LogP contribution in [0.1, 0.15) is 31.2 Å². The fourth-order valence-corrected chi connectivity index (χ4v) is 5.60. The highest BCUT2D eigenvalue weighted by molar-refractivity contribution is 7.89. The Balaban J connectivity index is 1.36. The number of amides is 2. The highest BCUT2D eigenvalue weighted by Crippen LogP contribution is 2.27. The minimum Gasteiger partial charge on any atom is -0.326 e. The van der Waals surface area contributed by atoms with E-state index in [0.717, 1.165) is 17.7 Å². The highest BCUT2D eigenvalue weighted by atomic mass is 32.2. The summed E-state index contributed by atoms with van der Waals surface area (Å²) in [6, 6.07) is 14.1. The van der Waals surface area contributed by atoms with E-state index in [1.807, 2.05) is 25.1 Å². The summed E-state index contributed by atoms with van der Waals surface area (Å²) in [4.78, 5) is 26.8. The third-order valence-electron chi connectivity index (χ3n) is 5.98. The van der Waals surface area contributed by atoms with Gasteiger partial charge in [-0.15, -0.1) is 0 Å². The number of carbonyl (C=O) groups is 2. The Morgan fingerprint density at radius 2 is 1.74 bits per heavy atom. The Labute approximate surface area is 183 Å².